The fourth-order valence-corrected chi connectivity index (χ4v) is 5.02. The number of carbonyl (C=O) groups is 2. The van der Waals surface area contributed by atoms with Gasteiger partial charge < -0.3 is 9.42 Å². The number of hydrogen-bond acceptors (Lipinski definition) is 8. The first-order valence-corrected chi connectivity index (χ1v) is 11.0. The van der Waals surface area contributed by atoms with Crippen molar-refractivity contribution < 1.29 is 14.1 Å². The van der Waals surface area contributed by atoms with Crippen molar-refractivity contribution in [3.8, 4) is 11.4 Å². The minimum atomic E-state index is -0.0845. The Morgan fingerprint density at radius 2 is 2.33 bits per heavy atom. The van der Waals surface area contributed by atoms with Crippen molar-refractivity contribution >= 4 is 51.5 Å². The van der Waals surface area contributed by atoms with E-state index in [0.717, 1.165) is 18.4 Å². The van der Waals surface area contributed by atoms with Gasteiger partial charge in [-0.25, -0.2) is 0 Å². The second kappa shape index (κ2) is 8.07. The van der Waals surface area contributed by atoms with Crippen LogP contribution in [0.5, 0.6) is 0 Å². The molecule has 0 N–H and O–H groups in total. The molecule has 142 valence electrons. The molecule has 0 saturated carbocycles. The molecule has 1 atom stereocenters. The van der Waals surface area contributed by atoms with Crippen LogP contribution in [0.25, 0.3) is 11.4 Å². The van der Waals surface area contributed by atoms with E-state index in [1.807, 2.05) is 21.7 Å². The van der Waals surface area contributed by atoms with E-state index >= 15 is 0 Å². The summed E-state index contributed by atoms with van der Waals surface area (Å²) in [6, 6.07) is 1.96. The number of hydrogen-bond donors (Lipinski definition) is 0. The van der Waals surface area contributed by atoms with Crippen LogP contribution in [0, 0.1) is 5.92 Å². The van der Waals surface area contributed by atoms with E-state index in [-0.39, 0.29) is 24.3 Å². The van der Waals surface area contributed by atoms with Crippen molar-refractivity contribution in [2.75, 3.05) is 25.4 Å². The molecule has 2 saturated heterocycles. The van der Waals surface area contributed by atoms with E-state index in [1.165, 1.54) is 16.7 Å². The Morgan fingerprint density at radius 1 is 1.44 bits per heavy atom. The van der Waals surface area contributed by atoms with Crippen LogP contribution in [0.15, 0.2) is 21.3 Å². The monoisotopic (exact) mass is 422 g/mol. The highest BCUT2D eigenvalue weighted by molar-refractivity contribution is 8.23. The van der Waals surface area contributed by atoms with Crippen LogP contribution in [0.4, 0.5) is 0 Å². The number of amides is 2. The van der Waals surface area contributed by atoms with E-state index in [9.17, 15) is 9.59 Å². The van der Waals surface area contributed by atoms with Crippen LogP contribution in [-0.2, 0) is 16.0 Å². The molecule has 2 aromatic heterocycles. The average molecular weight is 423 g/mol. The number of thioether (sulfide) groups is 1. The molecule has 1 unspecified atom stereocenters. The number of piperidine rings is 1. The summed E-state index contributed by atoms with van der Waals surface area (Å²) >= 11 is 8.06. The maximum atomic E-state index is 12.6. The second-order valence-corrected chi connectivity index (χ2v) is 9.00. The van der Waals surface area contributed by atoms with Crippen molar-refractivity contribution in [2.45, 2.75) is 19.3 Å². The fraction of sp³-hybridized carbons (Fsp3) is 0.471. The van der Waals surface area contributed by atoms with Gasteiger partial charge in [0.25, 0.3) is 0 Å². The molecule has 0 spiro atoms. The molecule has 0 radical (unpaired) electrons. The Hall–Kier alpha value is -1.78. The average Bonchev–Trinajstić information content (AvgIpc) is 3.40. The number of likely N-dealkylation sites (tertiary alicyclic amines) is 1. The Morgan fingerprint density at radius 3 is 3.07 bits per heavy atom. The van der Waals surface area contributed by atoms with Crippen molar-refractivity contribution in [2.24, 2.45) is 5.92 Å². The summed E-state index contributed by atoms with van der Waals surface area (Å²) in [5.74, 6) is 1.67. The van der Waals surface area contributed by atoms with Crippen molar-refractivity contribution in [1.82, 2.24) is 19.9 Å². The SMILES string of the molecule is O=C(CN1C(=O)CSC1=S)N1CCCC(Cc2nc(-c3ccsc3)no2)C1. The molecule has 7 nitrogen and oxygen atoms in total. The normalized spacial score (nSPS) is 20.5. The molecule has 4 heterocycles. The minimum absolute atomic E-state index is 0.0419. The number of thiocarbonyl (C=S) groups is 1. The summed E-state index contributed by atoms with van der Waals surface area (Å²) in [6.45, 7) is 1.39. The van der Waals surface area contributed by atoms with Crippen LogP contribution < -0.4 is 0 Å². The predicted octanol–water partition coefficient (Wildman–Crippen LogP) is 2.44. The lowest BCUT2D eigenvalue weighted by atomic mass is 9.94. The Bertz CT molecular complexity index is 835. The first kappa shape index (κ1) is 18.6. The minimum Gasteiger partial charge on any atom is -0.341 e. The van der Waals surface area contributed by atoms with Gasteiger partial charge in [0.2, 0.25) is 23.5 Å². The standard InChI is InChI=1S/C17H18N4O3S3/c22-14(8-21-15(23)10-27-17(21)25)20-4-1-2-11(7-20)6-13-18-16(19-24-13)12-3-5-26-9-12/h3,5,9,11H,1-2,4,6-8,10H2. The van der Waals surface area contributed by atoms with Crippen LogP contribution in [-0.4, -0.2) is 61.5 Å². The molecular formula is C17H18N4O3S3. The molecule has 10 heteroatoms. The summed E-state index contributed by atoms with van der Waals surface area (Å²) in [5.41, 5.74) is 0.958. The molecule has 2 amide bonds. The molecule has 4 rings (SSSR count). The zero-order chi connectivity index (χ0) is 18.8. The Labute approximate surface area is 170 Å². The topological polar surface area (TPSA) is 79.5 Å². The fourth-order valence-electron chi connectivity index (χ4n) is 3.32. The highest BCUT2D eigenvalue weighted by Crippen LogP contribution is 2.24. The van der Waals surface area contributed by atoms with E-state index < -0.39 is 0 Å². The maximum Gasteiger partial charge on any atom is 0.242 e. The van der Waals surface area contributed by atoms with Crippen LogP contribution in [0.1, 0.15) is 18.7 Å². The summed E-state index contributed by atoms with van der Waals surface area (Å²) in [5, 5.41) is 8.00. The summed E-state index contributed by atoms with van der Waals surface area (Å²) in [4.78, 5) is 32.2. The van der Waals surface area contributed by atoms with Gasteiger partial charge in [0.1, 0.15) is 10.9 Å². The second-order valence-electron chi connectivity index (χ2n) is 6.61. The van der Waals surface area contributed by atoms with Gasteiger partial charge in [-0.3, -0.25) is 14.5 Å². The summed E-state index contributed by atoms with van der Waals surface area (Å²) in [7, 11) is 0. The molecule has 0 bridgehead atoms. The van der Waals surface area contributed by atoms with Gasteiger partial charge in [-0.15, -0.1) is 0 Å². The number of carbonyl (C=O) groups excluding carboxylic acids is 2. The van der Waals surface area contributed by atoms with Crippen molar-refractivity contribution in [3.05, 3.63) is 22.7 Å². The lowest BCUT2D eigenvalue weighted by Gasteiger charge is -2.33. The number of aromatic nitrogens is 2. The molecule has 2 aliphatic heterocycles. The lowest BCUT2D eigenvalue weighted by molar-refractivity contribution is -0.137. The molecule has 27 heavy (non-hydrogen) atoms. The zero-order valence-corrected chi connectivity index (χ0v) is 16.9. The predicted molar refractivity (Wildman–Crippen MR) is 107 cm³/mol. The third-order valence-corrected chi connectivity index (χ3v) is 6.83. The first-order valence-electron chi connectivity index (χ1n) is 8.70. The molecule has 0 aliphatic carbocycles. The summed E-state index contributed by atoms with van der Waals surface area (Å²) < 4.78 is 5.88. The van der Waals surface area contributed by atoms with Gasteiger partial charge in [0.05, 0.1) is 5.75 Å². The van der Waals surface area contributed by atoms with Gasteiger partial charge in [-0.2, -0.15) is 16.3 Å². The van der Waals surface area contributed by atoms with Crippen molar-refractivity contribution in [1.29, 1.82) is 0 Å². The Kier molecular flexibility index (Phi) is 5.55. The largest absolute Gasteiger partial charge is 0.341 e. The molecule has 0 aromatic carbocycles. The van der Waals surface area contributed by atoms with Gasteiger partial charge in [-0.1, -0.05) is 29.1 Å². The number of nitrogens with zero attached hydrogens (tertiary/aromatic N) is 4. The van der Waals surface area contributed by atoms with Crippen LogP contribution >= 0.6 is 35.3 Å². The third kappa shape index (κ3) is 4.22. The number of rotatable bonds is 5. The van der Waals surface area contributed by atoms with Gasteiger partial charge in [-0.05, 0) is 30.2 Å². The van der Waals surface area contributed by atoms with E-state index in [0.29, 0.717) is 41.3 Å². The van der Waals surface area contributed by atoms with E-state index in [1.54, 1.807) is 11.3 Å². The van der Waals surface area contributed by atoms with E-state index in [4.69, 9.17) is 16.7 Å². The van der Waals surface area contributed by atoms with Gasteiger partial charge >= 0.3 is 0 Å². The summed E-state index contributed by atoms with van der Waals surface area (Å²) in [6.07, 6.45) is 2.59. The highest BCUT2D eigenvalue weighted by Gasteiger charge is 2.32. The van der Waals surface area contributed by atoms with Gasteiger partial charge in [0.15, 0.2) is 0 Å². The van der Waals surface area contributed by atoms with Crippen LogP contribution in [0.3, 0.4) is 0 Å². The maximum absolute atomic E-state index is 12.6. The molecular weight excluding hydrogens is 404 g/mol. The molecule has 2 aliphatic rings. The zero-order valence-electron chi connectivity index (χ0n) is 14.5. The smallest absolute Gasteiger partial charge is 0.242 e. The quantitative estimate of drug-likeness (QED) is 0.685. The highest BCUT2D eigenvalue weighted by atomic mass is 32.2. The van der Waals surface area contributed by atoms with Gasteiger partial charge in [0, 0.05) is 30.5 Å². The Balaban J connectivity index is 1.35. The number of thiophene rings is 1. The first-order chi connectivity index (χ1) is 13.1. The van der Waals surface area contributed by atoms with Crippen molar-refractivity contribution in [3.63, 3.8) is 0 Å². The molecule has 2 fully saturated rings. The van der Waals surface area contributed by atoms with E-state index in [2.05, 4.69) is 10.1 Å². The third-order valence-electron chi connectivity index (χ3n) is 4.72. The van der Waals surface area contributed by atoms with Crippen LogP contribution in [0.2, 0.25) is 0 Å². The lowest BCUT2D eigenvalue weighted by Crippen LogP contribution is -2.46. The molecule has 2 aromatic rings.